The molecule has 0 atom stereocenters. The molecule has 0 heterocycles. The second-order valence-electron chi connectivity index (χ2n) is 6.46. The lowest BCUT2D eigenvalue weighted by Crippen LogP contribution is -2.37. The van der Waals surface area contributed by atoms with Gasteiger partial charge in [0.1, 0.15) is 11.7 Å². The maximum absolute atomic E-state index is 12.2. The minimum absolute atomic E-state index is 0.167. The molecule has 4 heteroatoms. The molecule has 1 N–H and O–H groups in total. The van der Waals surface area contributed by atoms with Crippen LogP contribution < -0.4 is 0 Å². The smallest absolute Gasteiger partial charge is 0.151 e. The number of hydrogen-bond acceptors (Lipinski definition) is 4. The number of aromatic hydroxyl groups is 1. The summed E-state index contributed by atoms with van der Waals surface area (Å²) in [6.07, 6.45) is 0.673. The van der Waals surface area contributed by atoms with Crippen LogP contribution in [0.5, 0.6) is 5.75 Å². The summed E-state index contributed by atoms with van der Waals surface area (Å²) < 4.78 is 0. The van der Waals surface area contributed by atoms with Gasteiger partial charge in [0.25, 0.3) is 0 Å². The molecule has 0 saturated heterocycles. The summed E-state index contributed by atoms with van der Waals surface area (Å²) >= 11 is 0. The molecule has 0 spiro atoms. The lowest BCUT2D eigenvalue weighted by Gasteiger charge is -2.25. The van der Waals surface area contributed by atoms with Gasteiger partial charge in [0.05, 0.1) is 0 Å². The van der Waals surface area contributed by atoms with Crippen LogP contribution in [-0.2, 0) is 14.4 Å². The highest BCUT2D eigenvalue weighted by molar-refractivity contribution is 6.20. The van der Waals surface area contributed by atoms with Crippen molar-refractivity contribution in [2.45, 2.75) is 32.1 Å². The van der Waals surface area contributed by atoms with Crippen LogP contribution in [0.15, 0.2) is 48.5 Å². The third kappa shape index (κ3) is 3.53. The van der Waals surface area contributed by atoms with Gasteiger partial charge in [0.2, 0.25) is 0 Å². The second kappa shape index (κ2) is 7.01. The van der Waals surface area contributed by atoms with Gasteiger partial charge in [-0.3, -0.25) is 14.4 Å². The van der Waals surface area contributed by atoms with Crippen LogP contribution in [-0.4, -0.2) is 22.5 Å². The van der Waals surface area contributed by atoms with Crippen LogP contribution in [0.3, 0.4) is 0 Å². The number of carbonyl (C=O) groups is 3. The molecule has 1 aliphatic carbocycles. The summed E-state index contributed by atoms with van der Waals surface area (Å²) in [6.45, 7) is 1.68. The van der Waals surface area contributed by atoms with E-state index in [-0.39, 0.29) is 48.3 Å². The molecule has 2 aromatic rings. The molecule has 128 valence electrons. The predicted molar refractivity (Wildman–Crippen MR) is 94.3 cm³/mol. The Morgan fingerprint density at radius 1 is 1.00 bits per heavy atom. The first kappa shape index (κ1) is 17.1. The van der Waals surface area contributed by atoms with Gasteiger partial charge in [-0.2, -0.15) is 0 Å². The van der Waals surface area contributed by atoms with E-state index in [2.05, 4.69) is 0 Å². The number of ketones is 3. The van der Waals surface area contributed by atoms with Crippen molar-refractivity contribution < 1.29 is 19.5 Å². The highest BCUT2D eigenvalue weighted by Gasteiger charge is 2.39. The van der Waals surface area contributed by atoms with Crippen LogP contribution in [0.25, 0.3) is 11.1 Å². The van der Waals surface area contributed by atoms with Crippen molar-refractivity contribution in [2.75, 3.05) is 0 Å². The normalized spacial score (nSPS) is 20.5. The minimum Gasteiger partial charge on any atom is -0.508 e. The fourth-order valence-electron chi connectivity index (χ4n) is 3.41. The quantitative estimate of drug-likeness (QED) is 0.865. The van der Waals surface area contributed by atoms with E-state index in [1.165, 1.54) is 0 Å². The van der Waals surface area contributed by atoms with Crippen molar-refractivity contribution in [3.05, 3.63) is 54.1 Å². The Hall–Kier alpha value is -2.75. The molecule has 0 aromatic heterocycles. The molecule has 0 amide bonds. The van der Waals surface area contributed by atoms with E-state index in [9.17, 15) is 19.5 Å². The van der Waals surface area contributed by atoms with Crippen molar-refractivity contribution in [3.63, 3.8) is 0 Å². The number of benzene rings is 2. The van der Waals surface area contributed by atoms with Gasteiger partial charge in [0.15, 0.2) is 17.3 Å². The predicted octanol–water partition coefficient (Wildman–Crippen LogP) is 3.67. The maximum atomic E-state index is 12.2. The van der Waals surface area contributed by atoms with Gasteiger partial charge < -0.3 is 5.11 Å². The summed E-state index contributed by atoms with van der Waals surface area (Å²) in [5, 5.41) is 9.58. The van der Waals surface area contributed by atoms with Crippen molar-refractivity contribution in [1.82, 2.24) is 0 Å². The molecule has 3 rings (SSSR count). The monoisotopic (exact) mass is 336 g/mol. The Morgan fingerprint density at radius 2 is 1.64 bits per heavy atom. The first-order valence-corrected chi connectivity index (χ1v) is 8.47. The van der Waals surface area contributed by atoms with Crippen LogP contribution in [0.4, 0.5) is 0 Å². The molecule has 0 aliphatic heterocycles. The molecule has 1 fully saturated rings. The van der Waals surface area contributed by atoms with E-state index < -0.39 is 5.92 Å². The summed E-state index contributed by atoms with van der Waals surface area (Å²) in [6, 6.07) is 14.6. The fourth-order valence-corrected chi connectivity index (χ4v) is 3.41. The molecule has 1 aliphatic rings. The summed E-state index contributed by atoms with van der Waals surface area (Å²) in [4.78, 5) is 36.3. The summed E-state index contributed by atoms with van der Waals surface area (Å²) in [7, 11) is 0. The molecular weight excluding hydrogens is 316 g/mol. The van der Waals surface area contributed by atoms with Crippen LogP contribution in [0.1, 0.15) is 37.7 Å². The zero-order chi connectivity index (χ0) is 18.0. The zero-order valence-electron chi connectivity index (χ0n) is 14.1. The van der Waals surface area contributed by atoms with E-state index >= 15 is 0 Å². The maximum Gasteiger partial charge on any atom is 0.151 e. The van der Waals surface area contributed by atoms with Crippen LogP contribution in [0, 0.1) is 5.92 Å². The van der Waals surface area contributed by atoms with Crippen molar-refractivity contribution in [3.8, 4) is 16.9 Å². The van der Waals surface area contributed by atoms with Crippen LogP contribution >= 0.6 is 0 Å². The highest BCUT2D eigenvalue weighted by atomic mass is 16.3. The first-order valence-electron chi connectivity index (χ1n) is 8.47. The first-order chi connectivity index (χ1) is 12.0. The third-order valence-electron chi connectivity index (χ3n) is 4.77. The SMILES string of the molecule is CCC(=O)C1C(=O)CC(c2ccc(-c3cccc(O)c3)cc2)CC1=O. The van der Waals surface area contributed by atoms with Crippen molar-refractivity contribution in [1.29, 1.82) is 0 Å². The van der Waals surface area contributed by atoms with E-state index in [1.807, 2.05) is 30.3 Å². The Morgan fingerprint density at radius 3 is 2.20 bits per heavy atom. The molecule has 0 bridgehead atoms. The van der Waals surface area contributed by atoms with Gasteiger partial charge in [-0.05, 0) is 34.7 Å². The lowest BCUT2D eigenvalue weighted by atomic mass is 9.75. The second-order valence-corrected chi connectivity index (χ2v) is 6.46. The molecule has 0 radical (unpaired) electrons. The number of Topliss-reactive ketones (excluding diaryl/α,β-unsaturated/α-hetero) is 3. The minimum atomic E-state index is -1.05. The Kier molecular flexibility index (Phi) is 4.79. The molecule has 0 unspecified atom stereocenters. The molecule has 4 nitrogen and oxygen atoms in total. The van der Waals surface area contributed by atoms with Gasteiger partial charge in [-0.25, -0.2) is 0 Å². The van der Waals surface area contributed by atoms with Crippen molar-refractivity contribution >= 4 is 17.3 Å². The topological polar surface area (TPSA) is 71.4 Å². The number of carbonyl (C=O) groups excluding carboxylic acids is 3. The standard InChI is InChI=1S/C21H20O4/c1-2-18(23)21-19(24)11-16(12-20(21)25)14-8-6-13(7-9-14)15-4-3-5-17(22)10-15/h3-10,16,21-22H,2,11-12H2,1H3. The van der Waals surface area contributed by atoms with E-state index in [1.54, 1.807) is 25.1 Å². The molecule has 25 heavy (non-hydrogen) atoms. The van der Waals surface area contributed by atoms with Crippen LogP contribution in [0.2, 0.25) is 0 Å². The number of phenolic OH excluding ortho intramolecular Hbond substituents is 1. The number of rotatable bonds is 4. The molecule has 1 saturated carbocycles. The molecule has 2 aromatic carbocycles. The van der Waals surface area contributed by atoms with Gasteiger partial charge in [-0.15, -0.1) is 0 Å². The van der Waals surface area contributed by atoms with Gasteiger partial charge in [-0.1, -0.05) is 43.3 Å². The highest BCUT2D eigenvalue weighted by Crippen LogP contribution is 2.34. The van der Waals surface area contributed by atoms with E-state index in [0.29, 0.717) is 0 Å². The van der Waals surface area contributed by atoms with Crippen molar-refractivity contribution in [2.24, 2.45) is 5.92 Å². The average molecular weight is 336 g/mol. The number of phenols is 1. The largest absolute Gasteiger partial charge is 0.508 e. The van der Waals surface area contributed by atoms with E-state index in [4.69, 9.17) is 0 Å². The van der Waals surface area contributed by atoms with Gasteiger partial charge in [0, 0.05) is 19.3 Å². The third-order valence-corrected chi connectivity index (χ3v) is 4.77. The Balaban J connectivity index is 1.78. The fraction of sp³-hybridized carbons (Fsp3) is 0.286. The van der Waals surface area contributed by atoms with E-state index in [0.717, 1.165) is 16.7 Å². The Bertz CT molecular complexity index is 802. The lowest BCUT2D eigenvalue weighted by molar-refractivity contribution is -0.142. The summed E-state index contributed by atoms with van der Waals surface area (Å²) in [5.74, 6) is -1.80. The summed E-state index contributed by atoms with van der Waals surface area (Å²) in [5.41, 5.74) is 2.77. The average Bonchev–Trinajstić information content (AvgIpc) is 2.61. The Labute approximate surface area is 146 Å². The van der Waals surface area contributed by atoms with Gasteiger partial charge >= 0.3 is 0 Å². The zero-order valence-corrected chi connectivity index (χ0v) is 14.1. The molecular formula is C21H20O4. The number of hydrogen-bond donors (Lipinski definition) is 1.